The first-order valence-electron chi connectivity index (χ1n) is 6.84. The third-order valence-corrected chi connectivity index (χ3v) is 3.30. The number of carbonyl (C=O) groups is 2. The maximum Gasteiger partial charge on any atom is 0.471 e. The summed E-state index contributed by atoms with van der Waals surface area (Å²) in [4.78, 5) is 23.1. The van der Waals surface area contributed by atoms with Gasteiger partial charge in [0.05, 0.1) is 12.7 Å². The topological polar surface area (TPSA) is 67.4 Å². The fourth-order valence-electron chi connectivity index (χ4n) is 1.89. The lowest BCUT2D eigenvalue weighted by Gasteiger charge is -2.11. The van der Waals surface area contributed by atoms with Gasteiger partial charge in [0.2, 0.25) is 0 Å². The van der Waals surface area contributed by atoms with E-state index in [1.165, 1.54) is 43.5 Å². The Kier molecular flexibility index (Phi) is 5.53. The number of halogens is 4. The van der Waals surface area contributed by atoms with E-state index >= 15 is 0 Å². The molecule has 0 aliphatic rings. The number of alkyl halides is 3. The van der Waals surface area contributed by atoms with Gasteiger partial charge in [-0.05, 0) is 42.5 Å². The summed E-state index contributed by atoms with van der Waals surface area (Å²) < 4.78 is 41.6. The van der Waals surface area contributed by atoms with Crippen LogP contribution in [0.2, 0.25) is 5.02 Å². The van der Waals surface area contributed by atoms with Crippen molar-refractivity contribution < 1.29 is 27.5 Å². The molecule has 0 spiro atoms. The molecule has 2 aromatic rings. The standard InChI is InChI=1S/C16H12ClF3N2O3/c1-25-13-7-2-9(17)8-12(13)14(23)21-10-3-5-11(6-4-10)22-15(24)16(18,19)20/h2-8H,1H3,(H,21,23)(H,22,24). The summed E-state index contributed by atoms with van der Waals surface area (Å²) >= 11 is 5.86. The summed E-state index contributed by atoms with van der Waals surface area (Å²) in [5, 5.41) is 4.61. The fraction of sp³-hybridized carbons (Fsp3) is 0.125. The van der Waals surface area contributed by atoms with Gasteiger partial charge in [0.1, 0.15) is 5.75 Å². The van der Waals surface area contributed by atoms with Gasteiger partial charge < -0.3 is 15.4 Å². The van der Waals surface area contributed by atoms with Crippen molar-refractivity contribution in [3.8, 4) is 5.75 Å². The lowest BCUT2D eigenvalue weighted by Crippen LogP contribution is -2.29. The van der Waals surface area contributed by atoms with Crippen LogP contribution >= 0.6 is 11.6 Å². The number of nitrogens with one attached hydrogen (secondary N) is 2. The van der Waals surface area contributed by atoms with E-state index in [4.69, 9.17) is 16.3 Å². The van der Waals surface area contributed by atoms with Gasteiger partial charge in [0, 0.05) is 16.4 Å². The molecule has 5 nitrogen and oxygen atoms in total. The molecule has 0 saturated heterocycles. The zero-order valence-electron chi connectivity index (χ0n) is 12.8. The fourth-order valence-corrected chi connectivity index (χ4v) is 2.07. The van der Waals surface area contributed by atoms with Gasteiger partial charge >= 0.3 is 12.1 Å². The third kappa shape index (κ3) is 4.87. The molecule has 132 valence electrons. The van der Waals surface area contributed by atoms with Crippen LogP contribution in [-0.4, -0.2) is 25.1 Å². The lowest BCUT2D eigenvalue weighted by atomic mass is 10.1. The molecule has 2 aromatic carbocycles. The van der Waals surface area contributed by atoms with Gasteiger partial charge in [0.25, 0.3) is 5.91 Å². The van der Waals surface area contributed by atoms with E-state index in [2.05, 4.69) is 5.32 Å². The molecule has 0 heterocycles. The predicted molar refractivity (Wildman–Crippen MR) is 87.1 cm³/mol. The third-order valence-electron chi connectivity index (χ3n) is 3.06. The molecular weight excluding hydrogens is 361 g/mol. The molecule has 0 aromatic heterocycles. The zero-order chi connectivity index (χ0) is 18.6. The molecule has 2 N–H and O–H groups in total. The van der Waals surface area contributed by atoms with Crippen LogP contribution in [0.4, 0.5) is 24.5 Å². The number of amides is 2. The van der Waals surface area contributed by atoms with Gasteiger partial charge in [-0.1, -0.05) is 11.6 Å². The van der Waals surface area contributed by atoms with Gasteiger partial charge in [0.15, 0.2) is 0 Å². The summed E-state index contributed by atoms with van der Waals surface area (Å²) in [6.07, 6.45) is -4.98. The first-order valence-corrected chi connectivity index (χ1v) is 7.21. The summed E-state index contributed by atoms with van der Waals surface area (Å²) in [5.74, 6) is -2.27. The normalized spacial score (nSPS) is 10.9. The first kappa shape index (κ1) is 18.6. The van der Waals surface area contributed by atoms with E-state index in [1.807, 2.05) is 0 Å². The largest absolute Gasteiger partial charge is 0.496 e. The van der Waals surface area contributed by atoms with Crippen LogP contribution in [0.15, 0.2) is 42.5 Å². The van der Waals surface area contributed by atoms with Gasteiger partial charge in [-0.15, -0.1) is 0 Å². The Hall–Kier alpha value is -2.74. The highest BCUT2D eigenvalue weighted by atomic mass is 35.5. The molecule has 2 amide bonds. The van der Waals surface area contributed by atoms with E-state index in [-0.39, 0.29) is 11.3 Å². The van der Waals surface area contributed by atoms with Crippen LogP contribution < -0.4 is 15.4 Å². The molecule has 0 saturated carbocycles. The minimum Gasteiger partial charge on any atom is -0.496 e. The minimum atomic E-state index is -4.98. The van der Waals surface area contributed by atoms with Crippen molar-refractivity contribution in [1.82, 2.24) is 0 Å². The van der Waals surface area contributed by atoms with Crippen molar-refractivity contribution in [1.29, 1.82) is 0 Å². The zero-order valence-corrected chi connectivity index (χ0v) is 13.5. The molecule has 0 fully saturated rings. The number of benzene rings is 2. The monoisotopic (exact) mass is 372 g/mol. The Morgan fingerprint density at radius 3 is 2.08 bits per heavy atom. The van der Waals surface area contributed by atoms with Crippen LogP contribution in [0, 0.1) is 0 Å². The highest BCUT2D eigenvalue weighted by molar-refractivity contribution is 6.31. The Morgan fingerprint density at radius 2 is 1.56 bits per heavy atom. The van der Waals surface area contributed by atoms with E-state index in [9.17, 15) is 22.8 Å². The number of rotatable bonds is 4. The molecule has 0 unspecified atom stereocenters. The van der Waals surface area contributed by atoms with Crippen LogP contribution in [-0.2, 0) is 4.79 Å². The number of hydrogen-bond acceptors (Lipinski definition) is 3. The summed E-state index contributed by atoms with van der Waals surface area (Å²) in [7, 11) is 1.40. The molecule has 0 radical (unpaired) electrons. The Morgan fingerprint density at radius 1 is 1.00 bits per heavy atom. The maximum absolute atomic E-state index is 12.3. The second kappa shape index (κ2) is 7.43. The van der Waals surface area contributed by atoms with Crippen molar-refractivity contribution in [3.63, 3.8) is 0 Å². The predicted octanol–water partition coefficient (Wildman–Crippen LogP) is 4.10. The van der Waals surface area contributed by atoms with Crippen molar-refractivity contribution in [2.75, 3.05) is 17.7 Å². The molecule has 9 heteroatoms. The summed E-state index contributed by atoms with van der Waals surface area (Å²) in [5.41, 5.74) is 0.460. The van der Waals surface area contributed by atoms with Crippen molar-refractivity contribution in [2.45, 2.75) is 6.18 Å². The van der Waals surface area contributed by atoms with Crippen LogP contribution in [0.1, 0.15) is 10.4 Å². The number of carbonyl (C=O) groups excluding carboxylic acids is 2. The number of methoxy groups -OCH3 is 1. The highest BCUT2D eigenvalue weighted by Crippen LogP contribution is 2.24. The minimum absolute atomic E-state index is 0.0549. The van der Waals surface area contributed by atoms with Crippen LogP contribution in [0.3, 0.4) is 0 Å². The van der Waals surface area contributed by atoms with E-state index in [1.54, 1.807) is 11.4 Å². The second-order valence-electron chi connectivity index (χ2n) is 4.83. The Labute approximate surface area is 145 Å². The molecule has 0 bridgehead atoms. The quantitative estimate of drug-likeness (QED) is 0.849. The van der Waals surface area contributed by atoms with Crippen molar-refractivity contribution in [3.05, 3.63) is 53.1 Å². The SMILES string of the molecule is COc1ccc(Cl)cc1C(=O)Nc1ccc(NC(=O)C(F)(F)F)cc1. The smallest absolute Gasteiger partial charge is 0.471 e. The maximum atomic E-state index is 12.3. The number of anilines is 2. The van der Waals surface area contributed by atoms with E-state index in [0.29, 0.717) is 16.5 Å². The van der Waals surface area contributed by atoms with Crippen LogP contribution in [0.25, 0.3) is 0 Å². The van der Waals surface area contributed by atoms with Gasteiger partial charge in [-0.2, -0.15) is 13.2 Å². The molecule has 2 rings (SSSR count). The average Bonchev–Trinajstić information content (AvgIpc) is 2.55. The molecule has 0 aliphatic carbocycles. The first-order chi connectivity index (χ1) is 11.7. The molecular formula is C16H12ClF3N2O3. The van der Waals surface area contributed by atoms with Gasteiger partial charge in [-0.25, -0.2) is 0 Å². The van der Waals surface area contributed by atoms with Gasteiger partial charge in [-0.3, -0.25) is 9.59 Å². The molecule has 25 heavy (non-hydrogen) atoms. The molecule has 0 aliphatic heterocycles. The van der Waals surface area contributed by atoms with Crippen molar-refractivity contribution in [2.24, 2.45) is 0 Å². The van der Waals surface area contributed by atoms with Crippen LogP contribution in [0.5, 0.6) is 5.75 Å². The lowest BCUT2D eigenvalue weighted by molar-refractivity contribution is -0.167. The number of ether oxygens (including phenoxy) is 1. The Bertz CT molecular complexity index is 792. The van der Waals surface area contributed by atoms with Crippen molar-refractivity contribution >= 4 is 34.8 Å². The molecule has 0 atom stereocenters. The second-order valence-corrected chi connectivity index (χ2v) is 5.26. The summed E-state index contributed by atoms with van der Waals surface area (Å²) in [6, 6.07) is 9.68. The Balaban J connectivity index is 2.10. The average molecular weight is 373 g/mol. The van der Waals surface area contributed by atoms with E-state index < -0.39 is 18.0 Å². The summed E-state index contributed by atoms with van der Waals surface area (Å²) in [6.45, 7) is 0. The number of hydrogen-bond donors (Lipinski definition) is 2. The highest BCUT2D eigenvalue weighted by Gasteiger charge is 2.38. The van der Waals surface area contributed by atoms with E-state index in [0.717, 1.165) is 0 Å².